The van der Waals surface area contributed by atoms with Crippen molar-refractivity contribution in [2.75, 3.05) is 19.6 Å². The fourth-order valence-electron chi connectivity index (χ4n) is 4.49. The highest BCUT2D eigenvalue weighted by molar-refractivity contribution is 5.79. The molecule has 146 valence electrons. The lowest BCUT2D eigenvalue weighted by Crippen LogP contribution is -3.12. The Hall–Kier alpha value is -2.73. The minimum absolute atomic E-state index is 0.0760. The van der Waals surface area contributed by atoms with E-state index in [2.05, 4.69) is 18.2 Å². The van der Waals surface area contributed by atoms with Gasteiger partial charge in [-0.2, -0.15) is 0 Å². The number of hydrogen-bond acceptors (Lipinski definition) is 3. The van der Waals surface area contributed by atoms with Crippen molar-refractivity contribution < 1.29 is 14.6 Å². The van der Waals surface area contributed by atoms with E-state index < -0.39 is 0 Å². The number of non-ortho nitro benzene ring substituents is 1. The van der Waals surface area contributed by atoms with E-state index in [0.717, 1.165) is 57.5 Å². The van der Waals surface area contributed by atoms with Gasteiger partial charge in [-0.1, -0.05) is 24.3 Å². The molecule has 2 aromatic rings. The molecule has 0 saturated carbocycles. The van der Waals surface area contributed by atoms with Crippen molar-refractivity contribution in [2.45, 2.75) is 32.4 Å². The van der Waals surface area contributed by atoms with Crippen molar-refractivity contribution in [1.29, 1.82) is 0 Å². The zero-order chi connectivity index (χ0) is 19.5. The average Bonchev–Trinajstić information content (AvgIpc) is 2.73. The molecule has 1 amide bonds. The summed E-state index contributed by atoms with van der Waals surface area (Å²) in [4.78, 5) is 27.0. The number of quaternary nitrogens is 1. The molecule has 28 heavy (non-hydrogen) atoms. The molecule has 6 nitrogen and oxygen atoms in total. The van der Waals surface area contributed by atoms with E-state index in [9.17, 15) is 14.9 Å². The Balaban J connectivity index is 1.37. The standard InChI is InChI=1S/C22H25N3O3/c26-22(24-13-11-18-4-1-2-5-19(18)16-24)20-6-3-12-23(15-20)14-17-7-9-21(10-8-17)25(27)28/h1-2,4-5,7-10,20H,3,6,11-16H2/p+1/t20-/m0/s1. The van der Waals surface area contributed by atoms with Gasteiger partial charge in [0.2, 0.25) is 5.91 Å². The maximum atomic E-state index is 13.1. The van der Waals surface area contributed by atoms with Crippen LogP contribution in [0.5, 0.6) is 0 Å². The molecule has 0 aliphatic carbocycles. The molecule has 2 aliphatic rings. The number of amides is 1. The predicted molar refractivity (Wildman–Crippen MR) is 106 cm³/mol. The molecule has 4 rings (SSSR count). The molecule has 2 atom stereocenters. The lowest BCUT2D eigenvalue weighted by atomic mass is 9.93. The van der Waals surface area contributed by atoms with Crippen LogP contribution < -0.4 is 4.90 Å². The summed E-state index contributed by atoms with van der Waals surface area (Å²) >= 11 is 0. The van der Waals surface area contributed by atoms with Gasteiger partial charge in [0.15, 0.2) is 0 Å². The second-order valence-electron chi connectivity index (χ2n) is 7.92. The molecule has 1 N–H and O–H groups in total. The van der Waals surface area contributed by atoms with Gasteiger partial charge in [0.25, 0.3) is 5.69 Å². The molecule has 6 heteroatoms. The summed E-state index contributed by atoms with van der Waals surface area (Å²) in [7, 11) is 0. The Morgan fingerprint density at radius 2 is 1.89 bits per heavy atom. The van der Waals surface area contributed by atoms with Crippen LogP contribution in [0.15, 0.2) is 48.5 Å². The average molecular weight is 380 g/mol. The number of piperidine rings is 1. The van der Waals surface area contributed by atoms with E-state index >= 15 is 0 Å². The molecule has 1 fully saturated rings. The molecule has 2 aliphatic heterocycles. The van der Waals surface area contributed by atoms with Crippen molar-refractivity contribution in [3.8, 4) is 0 Å². The molecular weight excluding hydrogens is 354 g/mol. The molecule has 0 aromatic heterocycles. The van der Waals surface area contributed by atoms with E-state index in [-0.39, 0.29) is 22.4 Å². The summed E-state index contributed by atoms with van der Waals surface area (Å²) in [6.45, 7) is 4.23. The maximum Gasteiger partial charge on any atom is 0.269 e. The van der Waals surface area contributed by atoms with Crippen LogP contribution in [0.1, 0.15) is 29.5 Å². The van der Waals surface area contributed by atoms with Gasteiger partial charge < -0.3 is 9.80 Å². The Morgan fingerprint density at radius 1 is 1.14 bits per heavy atom. The number of nitrogens with zero attached hydrogens (tertiary/aromatic N) is 2. The van der Waals surface area contributed by atoms with E-state index in [1.165, 1.54) is 16.0 Å². The first-order valence-electron chi connectivity index (χ1n) is 10.0. The molecule has 2 aromatic carbocycles. The molecule has 1 saturated heterocycles. The number of likely N-dealkylation sites (tertiary alicyclic amines) is 1. The predicted octanol–water partition coefficient (Wildman–Crippen LogP) is 1.97. The molecule has 1 unspecified atom stereocenters. The third kappa shape index (κ3) is 4.07. The van der Waals surface area contributed by atoms with Crippen molar-refractivity contribution in [3.05, 3.63) is 75.3 Å². The molecule has 0 bridgehead atoms. The first kappa shape index (κ1) is 18.6. The zero-order valence-corrected chi connectivity index (χ0v) is 16.0. The Bertz CT molecular complexity index is 866. The second-order valence-corrected chi connectivity index (χ2v) is 7.92. The smallest absolute Gasteiger partial charge is 0.269 e. The summed E-state index contributed by atoms with van der Waals surface area (Å²) in [6, 6.07) is 15.2. The van der Waals surface area contributed by atoms with E-state index in [1.807, 2.05) is 23.1 Å². The summed E-state index contributed by atoms with van der Waals surface area (Å²) in [5, 5.41) is 10.8. The third-order valence-corrected chi connectivity index (χ3v) is 6.01. The minimum atomic E-state index is -0.372. The first-order valence-corrected chi connectivity index (χ1v) is 10.0. The van der Waals surface area contributed by atoms with Gasteiger partial charge >= 0.3 is 0 Å². The monoisotopic (exact) mass is 380 g/mol. The Kier molecular flexibility index (Phi) is 5.39. The topological polar surface area (TPSA) is 67.9 Å². The van der Waals surface area contributed by atoms with Crippen LogP contribution in [0.25, 0.3) is 0 Å². The summed E-state index contributed by atoms with van der Waals surface area (Å²) in [5.74, 6) is 0.363. The largest absolute Gasteiger partial charge is 0.338 e. The molecule has 0 spiro atoms. The number of benzene rings is 2. The number of nitro groups is 1. The summed E-state index contributed by atoms with van der Waals surface area (Å²) < 4.78 is 0. The highest BCUT2D eigenvalue weighted by Crippen LogP contribution is 2.21. The lowest BCUT2D eigenvalue weighted by Gasteiger charge is -2.35. The number of fused-ring (bicyclic) bond motifs is 1. The fraction of sp³-hybridized carbons (Fsp3) is 0.409. The molecule has 2 heterocycles. The van der Waals surface area contributed by atoms with Crippen molar-refractivity contribution in [1.82, 2.24) is 4.90 Å². The highest BCUT2D eigenvalue weighted by atomic mass is 16.6. The van der Waals surface area contributed by atoms with Crippen LogP contribution in [0, 0.1) is 16.0 Å². The molecular formula is C22H26N3O3+. The number of carbonyl (C=O) groups excluding carboxylic acids is 1. The Morgan fingerprint density at radius 3 is 2.64 bits per heavy atom. The van der Waals surface area contributed by atoms with Crippen LogP contribution >= 0.6 is 0 Å². The van der Waals surface area contributed by atoms with E-state index in [0.29, 0.717) is 0 Å². The van der Waals surface area contributed by atoms with Crippen LogP contribution in [-0.2, 0) is 24.3 Å². The van der Waals surface area contributed by atoms with Crippen LogP contribution in [-0.4, -0.2) is 35.4 Å². The van der Waals surface area contributed by atoms with Gasteiger partial charge in [-0.25, -0.2) is 0 Å². The fourth-order valence-corrected chi connectivity index (χ4v) is 4.49. The number of carbonyl (C=O) groups is 1. The lowest BCUT2D eigenvalue weighted by molar-refractivity contribution is -0.921. The number of nitro benzene ring substituents is 1. The van der Waals surface area contributed by atoms with Crippen LogP contribution in [0.3, 0.4) is 0 Å². The van der Waals surface area contributed by atoms with Crippen molar-refractivity contribution in [2.24, 2.45) is 5.92 Å². The summed E-state index contributed by atoms with van der Waals surface area (Å²) in [6.07, 6.45) is 2.94. The van der Waals surface area contributed by atoms with Gasteiger partial charge in [-0.05, 0) is 42.5 Å². The van der Waals surface area contributed by atoms with Gasteiger partial charge in [0.1, 0.15) is 6.54 Å². The van der Waals surface area contributed by atoms with E-state index in [1.54, 1.807) is 12.1 Å². The van der Waals surface area contributed by atoms with Crippen molar-refractivity contribution in [3.63, 3.8) is 0 Å². The minimum Gasteiger partial charge on any atom is -0.338 e. The van der Waals surface area contributed by atoms with Crippen molar-refractivity contribution >= 4 is 11.6 Å². The first-order chi connectivity index (χ1) is 13.6. The number of rotatable bonds is 4. The quantitative estimate of drug-likeness (QED) is 0.651. The van der Waals surface area contributed by atoms with Crippen LogP contribution in [0.2, 0.25) is 0 Å². The van der Waals surface area contributed by atoms with Crippen LogP contribution in [0.4, 0.5) is 5.69 Å². The van der Waals surface area contributed by atoms with Gasteiger partial charge in [0, 0.05) is 30.8 Å². The number of nitrogens with one attached hydrogen (secondary N) is 1. The molecule has 0 radical (unpaired) electrons. The third-order valence-electron chi connectivity index (χ3n) is 6.01. The Labute approximate surface area is 164 Å². The summed E-state index contributed by atoms with van der Waals surface area (Å²) in [5.41, 5.74) is 3.84. The van der Waals surface area contributed by atoms with Gasteiger partial charge in [-0.15, -0.1) is 0 Å². The maximum absolute atomic E-state index is 13.1. The van der Waals surface area contributed by atoms with E-state index in [4.69, 9.17) is 0 Å². The normalized spacial score (nSPS) is 21.8. The second kappa shape index (κ2) is 8.10. The van der Waals surface area contributed by atoms with Gasteiger partial charge in [-0.3, -0.25) is 14.9 Å². The SMILES string of the molecule is O=C([C@H]1CCC[NH+](Cc2ccc([N+](=O)[O-])cc2)C1)N1CCc2ccccc2C1. The number of hydrogen-bond donors (Lipinski definition) is 1. The van der Waals surface area contributed by atoms with Gasteiger partial charge in [0.05, 0.1) is 23.9 Å². The zero-order valence-electron chi connectivity index (χ0n) is 16.0. The highest BCUT2D eigenvalue weighted by Gasteiger charge is 2.33.